The number of rotatable bonds is 5. The molecule has 2 aliphatic rings. The summed E-state index contributed by atoms with van der Waals surface area (Å²) in [5.41, 5.74) is -0.0707. The minimum absolute atomic E-state index is 0.0707. The standard InChI is InChI=1S/C16H24N2O3S/c1-21-14-9-13(19)16(14)4-6-18(7-5-16)11-15(20)17-10-12-3-2-8-22-12/h2-3,8,13-14,19H,4-7,9-11H2,1H3,(H,17,20)/t13-,14+/m1/s1. The molecule has 2 fully saturated rings. The number of carbonyl (C=O) groups is 1. The van der Waals surface area contributed by atoms with Crippen molar-refractivity contribution in [3.05, 3.63) is 22.4 Å². The van der Waals surface area contributed by atoms with Crippen molar-refractivity contribution in [2.75, 3.05) is 26.7 Å². The van der Waals surface area contributed by atoms with Gasteiger partial charge in [-0.3, -0.25) is 9.69 Å². The first-order chi connectivity index (χ1) is 10.6. The second kappa shape index (κ2) is 6.66. The second-order valence-corrected chi connectivity index (χ2v) is 7.37. The molecule has 1 aromatic heterocycles. The highest BCUT2D eigenvalue weighted by atomic mass is 32.1. The van der Waals surface area contributed by atoms with E-state index >= 15 is 0 Å². The van der Waals surface area contributed by atoms with Crippen molar-refractivity contribution in [3.8, 4) is 0 Å². The summed E-state index contributed by atoms with van der Waals surface area (Å²) in [5, 5.41) is 15.1. The van der Waals surface area contributed by atoms with Gasteiger partial charge in [-0.1, -0.05) is 6.07 Å². The Morgan fingerprint density at radius 2 is 2.32 bits per heavy atom. The summed E-state index contributed by atoms with van der Waals surface area (Å²) in [7, 11) is 1.72. The number of amides is 1. The van der Waals surface area contributed by atoms with E-state index in [1.807, 2.05) is 17.5 Å². The first kappa shape index (κ1) is 15.9. The molecule has 1 amide bonds. The summed E-state index contributed by atoms with van der Waals surface area (Å²) in [6.45, 7) is 2.75. The number of hydrogen-bond donors (Lipinski definition) is 2. The van der Waals surface area contributed by atoms with E-state index in [2.05, 4.69) is 10.2 Å². The maximum Gasteiger partial charge on any atom is 0.234 e. The van der Waals surface area contributed by atoms with Gasteiger partial charge in [0, 0.05) is 23.8 Å². The SMILES string of the molecule is CO[C@H]1C[C@@H](O)C12CCN(CC(=O)NCc1cccs1)CC2. The highest BCUT2D eigenvalue weighted by molar-refractivity contribution is 7.09. The van der Waals surface area contributed by atoms with Crippen molar-refractivity contribution in [3.63, 3.8) is 0 Å². The molecule has 3 rings (SSSR count). The Balaban J connectivity index is 1.43. The molecule has 2 N–H and O–H groups in total. The average Bonchev–Trinajstić information content (AvgIpc) is 3.04. The van der Waals surface area contributed by atoms with E-state index in [-0.39, 0.29) is 23.5 Å². The number of aliphatic hydroxyl groups is 1. The van der Waals surface area contributed by atoms with E-state index in [9.17, 15) is 9.90 Å². The molecule has 1 saturated carbocycles. The third kappa shape index (κ3) is 3.06. The zero-order valence-corrected chi connectivity index (χ0v) is 13.8. The maximum absolute atomic E-state index is 12.0. The summed E-state index contributed by atoms with van der Waals surface area (Å²) < 4.78 is 5.49. The lowest BCUT2D eigenvalue weighted by atomic mass is 9.58. The quantitative estimate of drug-likeness (QED) is 0.855. The van der Waals surface area contributed by atoms with Gasteiger partial charge in [0.1, 0.15) is 0 Å². The van der Waals surface area contributed by atoms with Crippen LogP contribution in [0.5, 0.6) is 0 Å². The minimum atomic E-state index is -0.243. The fourth-order valence-corrected chi connectivity index (χ4v) is 4.34. The van der Waals surface area contributed by atoms with Gasteiger partial charge in [0.2, 0.25) is 5.91 Å². The number of likely N-dealkylation sites (tertiary alicyclic amines) is 1. The summed E-state index contributed by atoms with van der Waals surface area (Å²) in [4.78, 5) is 15.4. The van der Waals surface area contributed by atoms with Gasteiger partial charge in [0.05, 0.1) is 25.3 Å². The molecule has 1 aromatic rings. The van der Waals surface area contributed by atoms with Gasteiger partial charge in [-0.05, 0) is 37.4 Å². The molecule has 1 spiro atoms. The van der Waals surface area contributed by atoms with Crippen LogP contribution >= 0.6 is 11.3 Å². The lowest BCUT2D eigenvalue weighted by molar-refractivity contribution is -0.201. The molecule has 22 heavy (non-hydrogen) atoms. The number of hydrogen-bond acceptors (Lipinski definition) is 5. The molecule has 5 nitrogen and oxygen atoms in total. The maximum atomic E-state index is 12.0. The van der Waals surface area contributed by atoms with Gasteiger partial charge in [-0.2, -0.15) is 0 Å². The molecule has 6 heteroatoms. The predicted octanol–water partition coefficient (Wildman–Crippen LogP) is 1.23. The van der Waals surface area contributed by atoms with Crippen LogP contribution in [0.15, 0.2) is 17.5 Å². The molecule has 1 aliphatic heterocycles. The van der Waals surface area contributed by atoms with Crippen molar-refractivity contribution in [1.29, 1.82) is 0 Å². The van der Waals surface area contributed by atoms with Crippen LogP contribution in [-0.4, -0.2) is 54.9 Å². The predicted molar refractivity (Wildman–Crippen MR) is 85.7 cm³/mol. The first-order valence-electron chi connectivity index (χ1n) is 7.86. The average molecular weight is 324 g/mol. The Bertz CT molecular complexity index is 497. The molecular weight excluding hydrogens is 300 g/mol. The molecule has 0 aromatic carbocycles. The van der Waals surface area contributed by atoms with Gasteiger partial charge in [0.15, 0.2) is 0 Å². The fraction of sp³-hybridized carbons (Fsp3) is 0.688. The number of piperidine rings is 1. The first-order valence-corrected chi connectivity index (χ1v) is 8.74. The van der Waals surface area contributed by atoms with Crippen LogP contribution < -0.4 is 5.32 Å². The van der Waals surface area contributed by atoms with Gasteiger partial charge < -0.3 is 15.2 Å². The highest BCUT2D eigenvalue weighted by Gasteiger charge is 2.55. The van der Waals surface area contributed by atoms with Crippen LogP contribution in [0.2, 0.25) is 0 Å². The number of nitrogens with one attached hydrogen (secondary N) is 1. The summed E-state index contributed by atoms with van der Waals surface area (Å²) >= 11 is 1.65. The lowest BCUT2D eigenvalue weighted by Gasteiger charge is -2.56. The van der Waals surface area contributed by atoms with Crippen molar-refractivity contribution in [1.82, 2.24) is 10.2 Å². The number of aliphatic hydroxyl groups excluding tert-OH is 1. The van der Waals surface area contributed by atoms with Crippen molar-refractivity contribution >= 4 is 17.2 Å². The van der Waals surface area contributed by atoms with Gasteiger partial charge in [0.25, 0.3) is 0 Å². The Morgan fingerprint density at radius 3 is 2.91 bits per heavy atom. The molecule has 1 saturated heterocycles. The summed E-state index contributed by atoms with van der Waals surface area (Å²) in [6, 6.07) is 4.02. The van der Waals surface area contributed by atoms with Crippen molar-refractivity contribution in [2.24, 2.45) is 5.41 Å². The number of thiophene rings is 1. The Hall–Kier alpha value is -0.950. The van der Waals surface area contributed by atoms with Crippen LogP contribution in [0.25, 0.3) is 0 Å². The Morgan fingerprint density at radius 1 is 1.55 bits per heavy atom. The van der Waals surface area contributed by atoms with Crippen molar-refractivity contribution < 1.29 is 14.6 Å². The monoisotopic (exact) mass is 324 g/mol. The van der Waals surface area contributed by atoms with Crippen molar-refractivity contribution in [2.45, 2.75) is 38.0 Å². The fourth-order valence-electron chi connectivity index (χ4n) is 3.70. The number of carbonyl (C=O) groups excluding carboxylic acids is 1. The molecule has 0 unspecified atom stereocenters. The smallest absolute Gasteiger partial charge is 0.234 e. The van der Waals surface area contributed by atoms with E-state index in [0.717, 1.165) is 32.4 Å². The van der Waals surface area contributed by atoms with E-state index in [1.54, 1.807) is 18.4 Å². The summed E-state index contributed by atoms with van der Waals surface area (Å²) in [6.07, 6.45) is 2.50. The second-order valence-electron chi connectivity index (χ2n) is 6.34. The zero-order chi connectivity index (χ0) is 15.6. The molecular formula is C16H24N2O3S. The Labute approximate surface area is 135 Å². The van der Waals surface area contributed by atoms with Crippen LogP contribution in [0.3, 0.4) is 0 Å². The zero-order valence-electron chi connectivity index (χ0n) is 13.0. The molecule has 0 radical (unpaired) electrons. The normalized spacial score (nSPS) is 27.5. The van der Waals surface area contributed by atoms with Crippen LogP contribution in [-0.2, 0) is 16.1 Å². The third-order valence-corrected chi connectivity index (χ3v) is 6.10. The molecule has 122 valence electrons. The number of methoxy groups -OCH3 is 1. The molecule has 2 heterocycles. The summed E-state index contributed by atoms with van der Waals surface area (Å²) in [5.74, 6) is 0.0711. The topological polar surface area (TPSA) is 61.8 Å². The number of ether oxygens (including phenoxy) is 1. The number of nitrogens with zero attached hydrogens (tertiary/aromatic N) is 1. The van der Waals surface area contributed by atoms with E-state index in [0.29, 0.717) is 13.1 Å². The Kier molecular flexibility index (Phi) is 4.82. The highest BCUT2D eigenvalue weighted by Crippen LogP contribution is 2.50. The van der Waals surface area contributed by atoms with E-state index < -0.39 is 0 Å². The van der Waals surface area contributed by atoms with E-state index in [1.165, 1.54) is 4.88 Å². The minimum Gasteiger partial charge on any atom is -0.392 e. The van der Waals surface area contributed by atoms with Crippen LogP contribution in [0.4, 0.5) is 0 Å². The third-order valence-electron chi connectivity index (χ3n) is 5.22. The molecule has 1 aliphatic carbocycles. The van der Waals surface area contributed by atoms with E-state index in [4.69, 9.17) is 4.74 Å². The van der Waals surface area contributed by atoms with Crippen LogP contribution in [0.1, 0.15) is 24.1 Å². The molecule has 0 bridgehead atoms. The van der Waals surface area contributed by atoms with Gasteiger partial charge in [-0.25, -0.2) is 0 Å². The lowest BCUT2D eigenvalue weighted by Crippen LogP contribution is -2.62. The van der Waals surface area contributed by atoms with Gasteiger partial charge in [-0.15, -0.1) is 11.3 Å². The molecule has 2 atom stereocenters. The van der Waals surface area contributed by atoms with Crippen LogP contribution in [0, 0.1) is 5.41 Å². The largest absolute Gasteiger partial charge is 0.392 e. The van der Waals surface area contributed by atoms with Gasteiger partial charge >= 0.3 is 0 Å².